The highest BCUT2D eigenvalue weighted by Crippen LogP contribution is 2.34. The lowest BCUT2D eigenvalue weighted by molar-refractivity contribution is 0.0259. The maximum Gasteiger partial charge on any atom is 0.410 e. The minimum atomic E-state index is -1.25. The average Bonchev–Trinajstić information content (AvgIpc) is 2.55. The van der Waals surface area contributed by atoms with Crippen molar-refractivity contribution in [3.63, 3.8) is 0 Å². The van der Waals surface area contributed by atoms with Crippen molar-refractivity contribution in [1.82, 2.24) is 10.2 Å². The highest BCUT2D eigenvalue weighted by molar-refractivity contribution is 5.85. The lowest BCUT2D eigenvalue weighted by Gasteiger charge is -2.25. The van der Waals surface area contributed by atoms with E-state index in [0.717, 1.165) is 0 Å². The van der Waals surface area contributed by atoms with Gasteiger partial charge < -0.3 is 15.0 Å². The molecule has 2 atom stereocenters. The van der Waals surface area contributed by atoms with Crippen LogP contribution in [0.15, 0.2) is 0 Å². The van der Waals surface area contributed by atoms with Gasteiger partial charge in [0.15, 0.2) is 0 Å². The number of nitrogens with one attached hydrogen (secondary N) is 1. The van der Waals surface area contributed by atoms with Crippen molar-refractivity contribution >= 4 is 18.5 Å². The molecule has 6 heteroatoms. The van der Waals surface area contributed by atoms with E-state index < -0.39 is 17.4 Å². The van der Waals surface area contributed by atoms with Gasteiger partial charge in [-0.25, -0.2) is 9.18 Å². The van der Waals surface area contributed by atoms with Crippen LogP contribution in [0.2, 0.25) is 0 Å². The first-order valence-electron chi connectivity index (χ1n) is 5.68. The number of fused-ring (bicyclic) bond motifs is 1. The van der Waals surface area contributed by atoms with Crippen molar-refractivity contribution in [3.05, 3.63) is 0 Å². The first-order chi connectivity index (χ1) is 7.30. The van der Waals surface area contributed by atoms with Gasteiger partial charge in [-0.15, -0.1) is 12.4 Å². The molecule has 0 radical (unpaired) electrons. The summed E-state index contributed by atoms with van der Waals surface area (Å²) in [6, 6.07) is 0. The van der Waals surface area contributed by atoms with Crippen molar-refractivity contribution in [1.29, 1.82) is 0 Å². The molecule has 0 aromatic rings. The zero-order valence-corrected chi connectivity index (χ0v) is 11.3. The molecule has 2 heterocycles. The van der Waals surface area contributed by atoms with Gasteiger partial charge in [0.2, 0.25) is 0 Å². The summed E-state index contributed by atoms with van der Waals surface area (Å²) < 4.78 is 19.5. The highest BCUT2D eigenvalue weighted by atomic mass is 35.5. The molecule has 4 nitrogen and oxygen atoms in total. The molecule has 0 aromatic heterocycles. The van der Waals surface area contributed by atoms with E-state index in [-0.39, 0.29) is 24.9 Å². The fourth-order valence-electron chi connectivity index (χ4n) is 2.31. The molecule has 1 amide bonds. The van der Waals surface area contributed by atoms with Crippen molar-refractivity contribution in [3.8, 4) is 0 Å². The molecule has 0 unspecified atom stereocenters. The smallest absolute Gasteiger partial charge is 0.410 e. The van der Waals surface area contributed by atoms with Gasteiger partial charge in [0.1, 0.15) is 11.3 Å². The molecule has 0 bridgehead atoms. The van der Waals surface area contributed by atoms with Crippen LogP contribution in [0, 0.1) is 5.92 Å². The molecule has 2 fully saturated rings. The Kier molecular flexibility index (Phi) is 3.94. The van der Waals surface area contributed by atoms with Gasteiger partial charge in [0.05, 0.1) is 6.54 Å². The largest absolute Gasteiger partial charge is 0.444 e. The Morgan fingerprint density at radius 3 is 2.71 bits per heavy atom. The SMILES string of the molecule is CC(C)(C)OC(=O)N1C[C@@H]2CNC[C@@]2(F)C1.Cl. The van der Waals surface area contributed by atoms with E-state index >= 15 is 0 Å². The Bertz CT molecular complexity index is 308. The van der Waals surface area contributed by atoms with E-state index in [1.807, 2.05) is 20.8 Å². The summed E-state index contributed by atoms with van der Waals surface area (Å²) >= 11 is 0. The Morgan fingerprint density at radius 1 is 1.53 bits per heavy atom. The number of alkyl halides is 1. The zero-order valence-electron chi connectivity index (χ0n) is 10.5. The second-order valence-electron chi connectivity index (χ2n) is 5.72. The van der Waals surface area contributed by atoms with Gasteiger partial charge in [0, 0.05) is 25.6 Å². The maximum atomic E-state index is 14.2. The van der Waals surface area contributed by atoms with Crippen LogP contribution in [-0.2, 0) is 4.74 Å². The van der Waals surface area contributed by atoms with Crippen LogP contribution >= 0.6 is 12.4 Å². The van der Waals surface area contributed by atoms with E-state index in [2.05, 4.69) is 5.32 Å². The Hall–Kier alpha value is -0.550. The second-order valence-corrected chi connectivity index (χ2v) is 5.72. The van der Waals surface area contributed by atoms with E-state index in [1.54, 1.807) is 0 Å². The van der Waals surface area contributed by atoms with Crippen LogP contribution in [0.3, 0.4) is 0 Å². The number of halogens is 2. The minimum absolute atomic E-state index is 0. The molecule has 100 valence electrons. The highest BCUT2D eigenvalue weighted by Gasteiger charge is 2.52. The summed E-state index contributed by atoms with van der Waals surface area (Å²) in [4.78, 5) is 13.2. The van der Waals surface area contributed by atoms with Crippen LogP contribution in [0.25, 0.3) is 0 Å². The van der Waals surface area contributed by atoms with Gasteiger partial charge in [-0.1, -0.05) is 0 Å². The number of carbonyl (C=O) groups excluding carboxylic acids is 1. The summed E-state index contributed by atoms with van der Waals surface area (Å²) in [6.45, 7) is 7.04. The number of hydrogen-bond donors (Lipinski definition) is 1. The van der Waals surface area contributed by atoms with Crippen LogP contribution in [0.1, 0.15) is 20.8 Å². The predicted octanol–water partition coefficient (Wildman–Crippen LogP) is 1.59. The lowest BCUT2D eigenvalue weighted by Crippen LogP contribution is -2.39. The van der Waals surface area contributed by atoms with E-state index in [0.29, 0.717) is 19.6 Å². The molecule has 2 aliphatic heterocycles. The predicted molar refractivity (Wildman–Crippen MR) is 65.3 cm³/mol. The molecular formula is C11H20ClFN2O2. The number of ether oxygens (including phenoxy) is 1. The Morgan fingerprint density at radius 2 is 2.18 bits per heavy atom. The average molecular weight is 267 g/mol. The molecule has 2 rings (SSSR count). The summed E-state index contributed by atoms with van der Waals surface area (Å²) in [6.07, 6.45) is -0.404. The number of likely N-dealkylation sites (tertiary alicyclic amines) is 1. The van der Waals surface area contributed by atoms with Crippen molar-refractivity contribution in [2.24, 2.45) is 5.92 Å². The number of rotatable bonds is 0. The summed E-state index contributed by atoms with van der Waals surface area (Å²) in [7, 11) is 0. The number of amides is 1. The molecule has 2 aliphatic rings. The molecule has 1 N–H and O–H groups in total. The van der Waals surface area contributed by atoms with Gasteiger partial charge in [-0.3, -0.25) is 0 Å². The fraction of sp³-hybridized carbons (Fsp3) is 0.909. The zero-order chi connectivity index (χ0) is 12.0. The molecule has 17 heavy (non-hydrogen) atoms. The molecule has 0 aliphatic carbocycles. The van der Waals surface area contributed by atoms with Gasteiger partial charge in [-0.2, -0.15) is 0 Å². The third-order valence-corrected chi connectivity index (χ3v) is 3.09. The quantitative estimate of drug-likeness (QED) is 0.724. The monoisotopic (exact) mass is 266 g/mol. The van der Waals surface area contributed by atoms with Crippen LogP contribution in [0.4, 0.5) is 9.18 Å². The molecular weight excluding hydrogens is 247 g/mol. The van der Waals surface area contributed by atoms with Crippen LogP contribution in [0.5, 0.6) is 0 Å². The van der Waals surface area contributed by atoms with Crippen molar-refractivity contribution < 1.29 is 13.9 Å². The number of carbonyl (C=O) groups is 1. The van der Waals surface area contributed by atoms with Crippen molar-refractivity contribution in [2.45, 2.75) is 32.0 Å². The topological polar surface area (TPSA) is 41.6 Å². The van der Waals surface area contributed by atoms with Crippen molar-refractivity contribution in [2.75, 3.05) is 26.2 Å². The van der Waals surface area contributed by atoms with Crippen LogP contribution < -0.4 is 5.32 Å². The first kappa shape index (κ1) is 14.5. The molecule has 0 saturated carbocycles. The summed E-state index contributed by atoms with van der Waals surface area (Å²) in [5.41, 5.74) is -1.77. The first-order valence-corrected chi connectivity index (χ1v) is 5.68. The van der Waals surface area contributed by atoms with Gasteiger partial charge in [0.25, 0.3) is 0 Å². The number of hydrogen-bond acceptors (Lipinski definition) is 3. The maximum absolute atomic E-state index is 14.2. The fourth-order valence-corrected chi connectivity index (χ4v) is 2.31. The van der Waals surface area contributed by atoms with Gasteiger partial charge >= 0.3 is 6.09 Å². The lowest BCUT2D eigenvalue weighted by atomic mass is 9.97. The van der Waals surface area contributed by atoms with E-state index in [9.17, 15) is 9.18 Å². The molecule has 2 saturated heterocycles. The molecule has 0 aromatic carbocycles. The Balaban J connectivity index is 0.00000144. The van der Waals surface area contributed by atoms with Gasteiger partial charge in [-0.05, 0) is 20.8 Å². The number of nitrogens with zero attached hydrogens (tertiary/aromatic N) is 1. The third kappa shape index (κ3) is 3.01. The third-order valence-electron chi connectivity index (χ3n) is 3.09. The van der Waals surface area contributed by atoms with E-state index in [1.165, 1.54) is 4.90 Å². The standard InChI is InChI=1S/C11H19FN2O2.ClH/c1-10(2,3)16-9(15)14-5-8-4-13-6-11(8,12)7-14;/h8,13H,4-7H2,1-3H3;1H/t8-,11+;/m0./s1. The normalized spacial score (nSPS) is 32.0. The molecule has 0 spiro atoms. The van der Waals surface area contributed by atoms with E-state index in [4.69, 9.17) is 4.74 Å². The second kappa shape index (κ2) is 4.61. The summed E-state index contributed by atoms with van der Waals surface area (Å²) in [5, 5.41) is 3.02. The summed E-state index contributed by atoms with van der Waals surface area (Å²) in [5.74, 6) is -0.0833. The Labute approximate surface area is 107 Å². The van der Waals surface area contributed by atoms with Crippen LogP contribution in [-0.4, -0.2) is 48.4 Å². The minimum Gasteiger partial charge on any atom is -0.444 e.